The summed E-state index contributed by atoms with van der Waals surface area (Å²) in [5.74, 6) is 0. The molecule has 1 heterocycles. The molecule has 0 aromatic rings. The first kappa shape index (κ1) is 6.09. The second kappa shape index (κ2) is 3.08. The first-order valence-corrected chi connectivity index (χ1v) is 3.55. The van der Waals surface area contributed by atoms with Crippen molar-refractivity contribution >= 4 is 0 Å². The van der Waals surface area contributed by atoms with Crippen molar-refractivity contribution in [3.8, 4) is 0 Å². The molecule has 0 aliphatic carbocycles. The topological polar surface area (TPSA) is 9.23 Å². The van der Waals surface area contributed by atoms with Crippen molar-refractivity contribution in [3.05, 3.63) is 0 Å². The smallest absolute Gasteiger partial charge is 0.0597 e. The molecule has 1 fully saturated rings. The van der Waals surface area contributed by atoms with Gasteiger partial charge in [-0.25, -0.2) is 0 Å². The van der Waals surface area contributed by atoms with E-state index in [1.54, 1.807) is 0 Å². The Labute approximate surface area is 51.0 Å². The van der Waals surface area contributed by atoms with E-state index in [0.29, 0.717) is 6.10 Å². The fourth-order valence-electron chi connectivity index (χ4n) is 0.944. The van der Waals surface area contributed by atoms with Gasteiger partial charge in [0.25, 0.3) is 0 Å². The van der Waals surface area contributed by atoms with Crippen molar-refractivity contribution in [2.24, 2.45) is 0 Å². The maximum Gasteiger partial charge on any atom is 0.0597 e. The first-order valence-electron chi connectivity index (χ1n) is 3.55. The van der Waals surface area contributed by atoms with Crippen LogP contribution in [0.4, 0.5) is 0 Å². The second-order valence-electron chi connectivity index (χ2n) is 2.42. The maximum atomic E-state index is 5.23. The van der Waals surface area contributed by atoms with Crippen LogP contribution in [0.3, 0.4) is 0 Å². The van der Waals surface area contributed by atoms with Crippen LogP contribution in [0.15, 0.2) is 0 Å². The quantitative estimate of drug-likeness (QED) is 0.545. The first-order chi connectivity index (χ1) is 3.93. The SMILES string of the molecule is CCCC[C@@H]1CCO1. The van der Waals surface area contributed by atoms with Crippen LogP contribution in [0, 0.1) is 0 Å². The van der Waals surface area contributed by atoms with E-state index in [9.17, 15) is 0 Å². The molecule has 1 atom stereocenters. The third-order valence-corrected chi connectivity index (χ3v) is 1.67. The molecule has 1 nitrogen and oxygen atoms in total. The summed E-state index contributed by atoms with van der Waals surface area (Å²) >= 11 is 0. The van der Waals surface area contributed by atoms with E-state index >= 15 is 0 Å². The number of ether oxygens (including phenoxy) is 1. The van der Waals surface area contributed by atoms with E-state index < -0.39 is 0 Å². The van der Waals surface area contributed by atoms with Crippen LogP contribution in [0.25, 0.3) is 0 Å². The van der Waals surface area contributed by atoms with Crippen LogP contribution in [0.1, 0.15) is 32.6 Å². The lowest BCUT2D eigenvalue weighted by molar-refractivity contribution is -0.0553. The second-order valence-corrected chi connectivity index (χ2v) is 2.42. The van der Waals surface area contributed by atoms with Gasteiger partial charge in [0.05, 0.1) is 6.10 Å². The predicted molar refractivity (Wildman–Crippen MR) is 33.9 cm³/mol. The van der Waals surface area contributed by atoms with Gasteiger partial charge in [0.1, 0.15) is 0 Å². The van der Waals surface area contributed by atoms with Gasteiger partial charge in [0, 0.05) is 6.61 Å². The zero-order valence-corrected chi connectivity index (χ0v) is 5.52. The van der Waals surface area contributed by atoms with Crippen LogP contribution in [0.5, 0.6) is 0 Å². The van der Waals surface area contributed by atoms with E-state index in [2.05, 4.69) is 6.92 Å². The average molecular weight is 114 g/mol. The summed E-state index contributed by atoms with van der Waals surface area (Å²) in [4.78, 5) is 0. The van der Waals surface area contributed by atoms with Crippen LogP contribution >= 0.6 is 0 Å². The molecule has 0 aromatic heterocycles. The van der Waals surface area contributed by atoms with E-state index in [0.717, 1.165) is 6.61 Å². The normalized spacial score (nSPS) is 27.4. The Hall–Kier alpha value is -0.0400. The fourth-order valence-corrected chi connectivity index (χ4v) is 0.944. The van der Waals surface area contributed by atoms with Crippen LogP contribution in [0.2, 0.25) is 0 Å². The van der Waals surface area contributed by atoms with Crippen molar-refractivity contribution in [2.45, 2.75) is 38.7 Å². The van der Waals surface area contributed by atoms with Crippen molar-refractivity contribution in [3.63, 3.8) is 0 Å². The molecule has 8 heavy (non-hydrogen) atoms. The lowest BCUT2D eigenvalue weighted by Crippen LogP contribution is -2.26. The molecule has 0 saturated carbocycles. The summed E-state index contributed by atoms with van der Waals surface area (Å²) in [6, 6.07) is 0. The average Bonchev–Trinajstić information content (AvgIpc) is 1.63. The highest BCUT2D eigenvalue weighted by Crippen LogP contribution is 2.16. The van der Waals surface area contributed by atoms with Crippen LogP contribution in [-0.2, 0) is 4.74 Å². The van der Waals surface area contributed by atoms with Crippen LogP contribution < -0.4 is 0 Å². The minimum Gasteiger partial charge on any atom is -0.378 e. The Morgan fingerprint density at radius 3 is 2.75 bits per heavy atom. The van der Waals surface area contributed by atoms with Gasteiger partial charge in [-0.05, 0) is 12.8 Å². The Morgan fingerprint density at radius 2 is 2.38 bits per heavy atom. The van der Waals surface area contributed by atoms with E-state index in [1.807, 2.05) is 0 Å². The number of rotatable bonds is 3. The third kappa shape index (κ3) is 1.48. The van der Waals surface area contributed by atoms with Crippen molar-refractivity contribution in [1.29, 1.82) is 0 Å². The maximum absolute atomic E-state index is 5.23. The van der Waals surface area contributed by atoms with Gasteiger partial charge in [-0.15, -0.1) is 0 Å². The molecule has 0 unspecified atom stereocenters. The highest BCUT2D eigenvalue weighted by atomic mass is 16.5. The van der Waals surface area contributed by atoms with E-state index in [-0.39, 0.29) is 0 Å². The minimum atomic E-state index is 0.634. The number of hydrogen-bond acceptors (Lipinski definition) is 1. The Bertz CT molecular complexity index is 57.4. The molecule has 48 valence electrons. The molecule has 1 rings (SSSR count). The summed E-state index contributed by atoms with van der Waals surface area (Å²) in [6.07, 6.45) is 5.87. The number of hydrogen-bond donors (Lipinski definition) is 0. The molecule has 0 N–H and O–H groups in total. The standard InChI is InChI=1S/C7H14O/c1-2-3-4-7-5-6-8-7/h7H,2-6H2,1H3/t7-/m1/s1. The summed E-state index contributed by atoms with van der Waals surface area (Å²) in [5.41, 5.74) is 0. The highest BCUT2D eigenvalue weighted by molar-refractivity contribution is 4.65. The van der Waals surface area contributed by atoms with Crippen molar-refractivity contribution < 1.29 is 4.74 Å². The van der Waals surface area contributed by atoms with Gasteiger partial charge in [-0.3, -0.25) is 0 Å². The Morgan fingerprint density at radius 1 is 1.62 bits per heavy atom. The molecular weight excluding hydrogens is 100 g/mol. The summed E-state index contributed by atoms with van der Waals surface area (Å²) in [5, 5.41) is 0. The van der Waals surface area contributed by atoms with Gasteiger partial charge in [-0.1, -0.05) is 19.8 Å². The molecule has 1 aliphatic rings. The molecule has 0 amide bonds. The molecule has 1 saturated heterocycles. The third-order valence-electron chi connectivity index (χ3n) is 1.67. The molecule has 1 heteroatoms. The van der Waals surface area contributed by atoms with E-state index in [4.69, 9.17) is 4.74 Å². The summed E-state index contributed by atoms with van der Waals surface area (Å²) in [7, 11) is 0. The zero-order valence-electron chi connectivity index (χ0n) is 5.52. The van der Waals surface area contributed by atoms with Gasteiger partial charge < -0.3 is 4.74 Å². The Balaban J connectivity index is 1.86. The molecule has 0 radical (unpaired) electrons. The lowest BCUT2D eigenvalue weighted by atomic mass is 10.1. The summed E-state index contributed by atoms with van der Waals surface area (Å²) < 4.78 is 5.23. The molecule has 0 aromatic carbocycles. The minimum absolute atomic E-state index is 0.634. The largest absolute Gasteiger partial charge is 0.378 e. The van der Waals surface area contributed by atoms with Crippen molar-refractivity contribution in [1.82, 2.24) is 0 Å². The zero-order chi connectivity index (χ0) is 5.82. The number of unbranched alkanes of at least 4 members (excludes halogenated alkanes) is 1. The predicted octanol–water partition coefficient (Wildman–Crippen LogP) is 1.97. The van der Waals surface area contributed by atoms with Gasteiger partial charge in [0.15, 0.2) is 0 Å². The summed E-state index contributed by atoms with van der Waals surface area (Å²) in [6.45, 7) is 3.23. The molecule has 1 aliphatic heterocycles. The van der Waals surface area contributed by atoms with Crippen LogP contribution in [-0.4, -0.2) is 12.7 Å². The molecule has 0 bridgehead atoms. The van der Waals surface area contributed by atoms with Gasteiger partial charge >= 0.3 is 0 Å². The van der Waals surface area contributed by atoms with Gasteiger partial charge in [0.2, 0.25) is 0 Å². The lowest BCUT2D eigenvalue weighted by Gasteiger charge is -2.25. The molecule has 0 spiro atoms. The fraction of sp³-hybridized carbons (Fsp3) is 1.00. The Kier molecular flexibility index (Phi) is 2.34. The highest BCUT2D eigenvalue weighted by Gasteiger charge is 2.15. The molecular formula is C7H14O. The monoisotopic (exact) mass is 114 g/mol. The van der Waals surface area contributed by atoms with Gasteiger partial charge in [-0.2, -0.15) is 0 Å². The van der Waals surface area contributed by atoms with Crippen molar-refractivity contribution in [2.75, 3.05) is 6.61 Å². The van der Waals surface area contributed by atoms with E-state index in [1.165, 1.54) is 25.7 Å².